The molecule has 1 atom stereocenters. The Morgan fingerprint density at radius 2 is 2.11 bits per heavy atom. The second kappa shape index (κ2) is 5.31. The van der Waals surface area contributed by atoms with Gasteiger partial charge in [-0.15, -0.1) is 0 Å². The van der Waals surface area contributed by atoms with Crippen molar-refractivity contribution in [1.29, 1.82) is 0 Å². The molecule has 0 spiro atoms. The number of nitrogens with one attached hydrogen (secondary N) is 1. The molecule has 104 valence electrons. The number of hydrogen-bond donors (Lipinski definition) is 2. The molecule has 19 heavy (non-hydrogen) atoms. The third-order valence-electron chi connectivity index (χ3n) is 3.43. The summed E-state index contributed by atoms with van der Waals surface area (Å²) in [6.45, 7) is 3.99. The zero-order chi connectivity index (χ0) is 14.0. The Kier molecular flexibility index (Phi) is 3.92. The zero-order valence-electron chi connectivity index (χ0n) is 11.8. The maximum absolute atomic E-state index is 12.3. The monoisotopic (exact) mass is 262 g/mol. The molecule has 1 aromatic rings. The van der Waals surface area contributed by atoms with Crippen molar-refractivity contribution in [1.82, 2.24) is 4.90 Å². The maximum atomic E-state index is 12.3. The van der Waals surface area contributed by atoms with Crippen molar-refractivity contribution in [2.45, 2.75) is 38.3 Å². The van der Waals surface area contributed by atoms with E-state index < -0.39 is 5.60 Å². The molecule has 1 unspecified atom stereocenters. The van der Waals surface area contributed by atoms with E-state index in [9.17, 15) is 9.90 Å². The van der Waals surface area contributed by atoms with Crippen LogP contribution in [0.4, 0.5) is 5.69 Å². The lowest BCUT2D eigenvalue weighted by Crippen LogP contribution is -2.47. The molecule has 0 radical (unpaired) electrons. The SMILES string of the molecule is CN(CC(C)(C)O)C1CCc2ccccc2NC1=O. The predicted molar refractivity (Wildman–Crippen MR) is 76.1 cm³/mol. The number of nitrogens with zero attached hydrogens (tertiary/aromatic N) is 1. The van der Waals surface area contributed by atoms with Crippen LogP contribution in [0.2, 0.25) is 0 Å². The molecule has 0 saturated heterocycles. The summed E-state index contributed by atoms with van der Waals surface area (Å²) in [5.74, 6) is 0.0108. The van der Waals surface area contributed by atoms with Gasteiger partial charge in [0.1, 0.15) is 0 Å². The van der Waals surface area contributed by atoms with Crippen molar-refractivity contribution < 1.29 is 9.90 Å². The summed E-state index contributed by atoms with van der Waals surface area (Å²) in [6.07, 6.45) is 1.64. The van der Waals surface area contributed by atoms with E-state index in [-0.39, 0.29) is 11.9 Å². The fourth-order valence-corrected chi connectivity index (χ4v) is 2.64. The van der Waals surface area contributed by atoms with Crippen LogP contribution in [0.25, 0.3) is 0 Å². The molecule has 2 rings (SSSR count). The average molecular weight is 262 g/mol. The highest BCUT2D eigenvalue weighted by Crippen LogP contribution is 2.23. The molecule has 1 heterocycles. The van der Waals surface area contributed by atoms with Gasteiger partial charge in [0.05, 0.1) is 11.6 Å². The number of aliphatic hydroxyl groups is 1. The van der Waals surface area contributed by atoms with E-state index >= 15 is 0 Å². The number of carbonyl (C=O) groups excluding carboxylic acids is 1. The normalized spacial score (nSPS) is 19.8. The molecule has 4 heteroatoms. The average Bonchev–Trinajstić information content (AvgIpc) is 2.44. The number of likely N-dealkylation sites (N-methyl/N-ethyl adjacent to an activating group) is 1. The second-order valence-electron chi connectivity index (χ2n) is 5.93. The summed E-state index contributed by atoms with van der Waals surface area (Å²) in [5, 5.41) is 12.9. The van der Waals surface area contributed by atoms with E-state index in [1.807, 2.05) is 36.2 Å². The van der Waals surface area contributed by atoms with Crippen molar-refractivity contribution >= 4 is 11.6 Å². The number of anilines is 1. The maximum Gasteiger partial charge on any atom is 0.241 e. The van der Waals surface area contributed by atoms with Crippen LogP contribution in [0.5, 0.6) is 0 Å². The van der Waals surface area contributed by atoms with Crippen LogP contribution in [0.1, 0.15) is 25.8 Å². The van der Waals surface area contributed by atoms with E-state index in [4.69, 9.17) is 0 Å². The molecule has 1 aliphatic heterocycles. The highest BCUT2D eigenvalue weighted by atomic mass is 16.3. The summed E-state index contributed by atoms with van der Waals surface area (Å²) in [5.41, 5.74) is 1.29. The minimum Gasteiger partial charge on any atom is -0.389 e. The molecule has 0 bridgehead atoms. The number of hydrogen-bond acceptors (Lipinski definition) is 3. The molecule has 4 nitrogen and oxygen atoms in total. The van der Waals surface area contributed by atoms with E-state index in [0.29, 0.717) is 6.54 Å². The largest absolute Gasteiger partial charge is 0.389 e. The highest BCUT2D eigenvalue weighted by Gasteiger charge is 2.29. The molecule has 0 fully saturated rings. The molecule has 1 aromatic carbocycles. The second-order valence-corrected chi connectivity index (χ2v) is 5.93. The standard InChI is InChI=1S/C15H22N2O2/c1-15(2,19)10-17(3)13-9-8-11-6-4-5-7-12(11)16-14(13)18/h4-7,13,19H,8-10H2,1-3H3,(H,16,18). The van der Waals surface area contributed by atoms with Crippen LogP contribution in [0.3, 0.4) is 0 Å². The van der Waals surface area contributed by atoms with Gasteiger partial charge in [-0.1, -0.05) is 18.2 Å². The minimum absolute atomic E-state index is 0.0108. The molecular weight excluding hydrogens is 240 g/mol. The van der Waals surface area contributed by atoms with Crippen LogP contribution in [-0.4, -0.2) is 41.1 Å². The lowest BCUT2D eigenvalue weighted by Gasteiger charge is -2.30. The minimum atomic E-state index is -0.797. The van der Waals surface area contributed by atoms with Crippen LogP contribution in [0, 0.1) is 0 Å². The number of carbonyl (C=O) groups is 1. The van der Waals surface area contributed by atoms with Gasteiger partial charge in [-0.3, -0.25) is 9.69 Å². The van der Waals surface area contributed by atoms with Gasteiger partial charge in [0.25, 0.3) is 0 Å². The highest BCUT2D eigenvalue weighted by molar-refractivity contribution is 5.96. The molecule has 0 aromatic heterocycles. The number of amides is 1. The third kappa shape index (κ3) is 3.55. The Bertz CT molecular complexity index is 465. The van der Waals surface area contributed by atoms with Crippen molar-refractivity contribution in [3.63, 3.8) is 0 Å². The van der Waals surface area contributed by atoms with Gasteiger partial charge in [-0.2, -0.15) is 0 Å². The number of para-hydroxylation sites is 1. The van der Waals surface area contributed by atoms with Crippen molar-refractivity contribution in [2.75, 3.05) is 18.9 Å². The summed E-state index contributed by atoms with van der Waals surface area (Å²) < 4.78 is 0. The molecule has 1 amide bonds. The Morgan fingerprint density at radius 3 is 2.79 bits per heavy atom. The van der Waals surface area contributed by atoms with Gasteiger partial charge in [0.15, 0.2) is 0 Å². The van der Waals surface area contributed by atoms with Gasteiger partial charge in [0.2, 0.25) is 5.91 Å². The Labute approximate surface area is 114 Å². The van der Waals surface area contributed by atoms with E-state index in [0.717, 1.165) is 18.5 Å². The summed E-state index contributed by atoms with van der Waals surface area (Å²) in [4.78, 5) is 14.2. The first kappa shape index (κ1) is 14.0. The quantitative estimate of drug-likeness (QED) is 0.870. The number of aryl methyl sites for hydroxylation is 1. The number of benzene rings is 1. The van der Waals surface area contributed by atoms with Gasteiger partial charge in [-0.05, 0) is 45.4 Å². The molecule has 0 aliphatic carbocycles. The molecule has 0 saturated carbocycles. The van der Waals surface area contributed by atoms with Gasteiger partial charge in [-0.25, -0.2) is 0 Å². The van der Waals surface area contributed by atoms with Gasteiger partial charge < -0.3 is 10.4 Å². The predicted octanol–water partition coefficient (Wildman–Crippen LogP) is 1.64. The summed E-state index contributed by atoms with van der Waals surface area (Å²) in [7, 11) is 1.89. The van der Waals surface area contributed by atoms with Crippen molar-refractivity contribution in [3.05, 3.63) is 29.8 Å². The molecular formula is C15H22N2O2. The van der Waals surface area contributed by atoms with Crippen molar-refractivity contribution in [2.24, 2.45) is 0 Å². The Balaban J connectivity index is 2.12. The van der Waals surface area contributed by atoms with Crippen LogP contribution in [-0.2, 0) is 11.2 Å². The molecule has 2 N–H and O–H groups in total. The fourth-order valence-electron chi connectivity index (χ4n) is 2.64. The van der Waals surface area contributed by atoms with E-state index in [2.05, 4.69) is 5.32 Å². The van der Waals surface area contributed by atoms with E-state index in [1.165, 1.54) is 5.56 Å². The molecule has 1 aliphatic rings. The Morgan fingerprint density at radius 1 is 1.42 bits per heavy atom. The lowest BCUT2D eigenvalue weighted by molar-refractivity contribution is -0.121. The third-order valence-corrected chi connectivity index (χ3v) is 3.43. The zero-order valence-corrected chi connectivity index (χ0v) is 11.8. The Hall–Kier alpha value is -1.39. The number of rotatable bonds is 3. The lowest BCUT2D eigenvalue weighted by atomic mass is 10.0. The van der Waals surface area contributed by atoms with Crippen LogP contribution < -0.4 is 5.32 Å². The van der Waals surface area contributed by atoms with Crippen LogP contribution >= 0.6 is 0 Å². The van der Waals surface area contributed by atoms with Gasteiger partial charge in [0, 0.05) is 12.2 Å². The summed E-state index contributed by atoms with van der Waals surface area (Å²) in [6, 6.07) is 7.71. The number of fused-ring (bicyclic) bond motifs is 1. The first-order valence-corrected chi connectivity index (χ1v) is 6.68. The topological polar surface area (TPSA) is 52.6 Å². The van der Waals surface area contributed by atoms with E-state index in [1.54, 1.807) is 13.8 Å². The van der Waals surface area contributed by atoms with Crippen molar-refractivity contribution in [3.8, 4) is 0 Å². The smallest absolute Gasteiger partial charge is 0.241 e. The first-order chi connectivity index (χ1) is 8.87. The first-order valence-electron chi connectivity index (χ1n) is 6.68. The van der Waals surface area contributed by atoms with Gasteiger partial charge >= 0.3 is 0 Å². The van der Waals surface area contributed by atoms with Crippen LogP contribution in [0.15, 0.2) is 24.3 Å². The summed E-state index contributed by atoms with van der Waals surface area (Å²) >= 11 is 0. The fraction of sp³-hybridized carbons (Fsp3) is 0.533.